The maximum Gasteiger partial charge on any atom is 0.223 e. The number of rotatable bonds is 5. The van der Waals surface area contributed by atoms with Gasteiger partial charge in [-0.15, -0.1) is 0 Å². The van der Waals surface area contributed by atoms with E-state index in [1.807, 2.05) is 37.9 Å². The third-order valence-electron chi connectivity index (χ3n) is 5.62. The van der Waals surface area contributed by atoms with Gasteiger partial charge in [0.15, 0.2) is 0 Å². The van der Waals surface area contributed by atoms with Gasteiger partial charge in [0.05, 0.1) is 6.20 Å². The van der Waals surface area contributed by atoms with Crippen LogP contribution in [-0.2, 0) is 24.8 Å². The maximum atomic E-state index is 12.9. The molecule has 26 heavy (non-hydrogen) atoms. The van der Waals surface area contributed by atoms with Crippen LogP contribution in [0.4, 0.5) is 0 Å². The van der Waals surface area contributed by atoms with Crippen LogP contribution in [0.3, 0.4) is 0 Å². The predicted molar refractivity (Wildman–Crippen MR) is 99.3 cm³/mol. The lowest BCUT2D eigenvalue weighted by Crippen LogP contribution is -2.47. The fourth-order valence-corrected chi connectivity index (χ4v) is 4.36. The van der Waals surface area contributed by atoms with Gasteiger partial charge in [0.25, 0.3) is 0 Å². The minimum atomic E-state index is 0.298. The Hall–Kier alpha value is -2.21. The van der Waals surface area contributed by atoms with Crippen molar-refractivity contribution in [2.45, 2.75) is 38.3 Å². The predicted octanol–water partition coefficient (Wildman–Crippen LogP) is 1.87. The van der Waals surface area contributed by atoms with Crippen molar-refractivity contribution in [3.05, 3.63) is 48.0 Å². The van der Waals surface area contributed by atoms with Crippen molar-refractivity contribution in [3.8, 4) is 0 Å². The Bertz CT molecular complexity index is 744. The molecule has 2 aromatic rings. The molecule has 3 saturated heterocycles. The van der Waals surface area contributed by atoms with Crippen molar-refractivity contribution in [1.82, 2.24) is 24.6 Å². The smallest absolute Gasteiger partial charge is 0.223 e. The summed E-state index contributed by atoms with van der Waals surface area (Å²) in [5.41, 5.74) is 2.39. The summed E-state index contributed by atoms with van der Waals surface area (Å²) in [6, 6.07) is 4.49. The number of hydrogen-bond donors (Lipinski definition) is 0. The summed E-state index contributed by atoms with van der Waals surface area (Å²) >= 11 is 0. The number of carbonyl (C=O) groups is 1. The Morgan fingerprint density at radius 1 is 1.19 bits per heavy atom. The fourth-order valence-electron chi connectivity index (χ4n) is 4.36. The van der Waals surface area contributed by atoms with Gasteiger partial charge in [0.1, 0.15) is 0 Å². The molecule has 3 aliphatic rings. The summed E-state index contributed by atoms with van der Waals surface area (Å²) in [5.74, 6) is 0.888. The normalized spacial score (nSPS) is 23.2. The largest absolute Gasteiger partial charge is 0.338 e. The van der Waals surface area contributed by atoms with Crippen molar-refractivity contribution < 1.29 is 4.79 Å². The summed E-state index contributed by atoms with van der Waals surface area (Å²) in [6.45, 7) is 3.90. The van der Waals surface area contributed by atoms with Gasteiger partial charge in [0.2, 0.25) is 5.91 Å². The van der Waals surface area contributed by atoms with E-state index in [0.717, 1.165) is 44.6 Å². The van der Waals surface area contributed by atoms with Gasteiger partial charge >= 0.3 is 0 Å². The average Bonchev–Trinajstić information content (AvgIpc) is 2.87. The van der Waals surface area contributed by atoms with Crippen LogP contribution in [-0.4, -0.2) is 56.1 Å². The van der Waals surface area contributed by atoms with Crippen molar-refractivity contribution in [3.63, 3.8) is 0 Å². The maximum absolute atomic E-state index is 12.9. The number of hydrogen-bond acceptors (Lipinski definition) is 4. The second-order valence-electron chi connectivity index (χ2n) is 7.72. The van der Waals surface area contributed by atoms with Gasteiger partial charge in [-0.25, -0.2) is 0 Å². The molecular weight excluding hydrogens is 326 g/mol. The first kappa shape index (κ1) is 17.2. The van der Waals surface area contributed by atoms with E-state index in [1.54, 1.807) is 4.68 Å². The van der Waals surface area contributed by atoms with E-state index in [1.165, 1.54) is 12.0 Å². The van der Waals surface area contributed by atoms with E-state index in [9.17, 15) is 4.79 Å². The molecule has 6 heteroatoms. The second kappa shape index (κ2) is 7.58. The number of amides is 1. The van der Waals surface area contributed by atoms with Crippen molar-refractivity contribution in [2.24, 2.45) is 13.0 Å². The lowest BCUT2D eigenvalue weighted by molar-refractivity contribution is -0.135. The van der Waals surface area contributed by atoms with E-state index in [0.29, 0.717) is 24.3 Å². The van der Waals surface area contributed by atoms with Crippen molar-refractivity contribution in [1.29, 1.82) is 0 Å². The van der Waals surface area contributed by atoms with Gasteiger partial charge in [-0.05, 0) is 42.4 Å². The van der Waals surface area contributed by atoms with Crippen LogP contribution in [0, 0.1) is 5.92 Å². The van der Waals surface area contributed by atoms with Crippen LogP contribution >= 0.6 is 0 Å². The SMILES string of the molecule is Cn1cc(CCC(=O)N2C[C@@H]3CC[C@H]2CN(Cc2cccnc2)C3)cn1. The first-order valence-electron chi connectivity index (χ1n) is 9.55. The van der Waals surface area contributed by atoms with Crippen LogP contribution in [0.1, 0.15) is 30.4 Å². The topological polar surface area (TPSA) is 54.3 Å². The third kappa shape index (κ3) is 3.96. The fraction of sp³-hybridized carbons (Fsp3) is 0.550. The zero-order valence-corrected chi connectivity index (χ0v) is 15.4. The Kier molecular flexibility index (Phi) is 5.02. The van der Waals surface area contributed by atoms with Crippen LogP contribution in [0.15, 0.2) is 36.9 Å². The summed E-state index contributed by atoms with van der Waals surface area (Å²) in [4.78, 5) is 21.8. The summed E-state index contributed by atoms with van der Waals surface area (Å²) in [6.07, 6.45) is 11.3. The molecule has 0 unspecified atom stereocenters. The number of fused-ring (bicyclic) bond motifs is 4. The van der Waals surface area contributed by atoms with Crippen LogP contribution in [0.5, 0.6) is 0 Å². The first-order chi connectivity index (χ1) is 12.7. The summed E-state index contributed by atoms with van der Waals surface area (Å²) < 4.78 is 1.80. The zero-order chi connectivity index (χ0) is 17.9. The first-order valence-corrected chi connectivity index (χ1v) is 9.55. The second-order valence-corrected chi connectivity index (χ2v) is 7.72. The monoisotopic (exact) mass is 353 g/mol. The molecule has 0 saturated carbocycles. The molecule has 0 aromatic carbocycles. The number of piperidine rings is 1. The van der Waals surface area contributed by atoms with Gasteiger partial charge < -0.3 is 4.90 Å². The molecule has 2 atom stereocenters. The molecular formula is C20H27N5O. The highest BCUT2D eigenvalue weighted by molar-refractivity contribution is 5.77. The highest BCUT2D eigenvalue weighted by Gasteiger charge is 2.36. The minimum Gasteiger partial charge on any atom is -0.338 e. The molecule has 138 valence electrons. The quantitative estimate of drug-likeness (QED) is 0.823. The molecule has 3 fully saturated rings. The molecule has 5 heterocycles. The Morgan fingerprint density at radius 2 is 2.12 bits per heavy atom. The Labute approximate surface area is 154 Å². The summed E-state index contributed by atoms with van der Waals surface area (Å²) in [5, 5.41) is 4.19. The van der Waals surface area contributed by atoms with Crippen LogP contribution < -0.4 is 0 Å². The van der Waals surface area contributed by atoms with E-state index in [4.69, 9.17) is 0 Å². The lowest BCUT2D eigenvalue weighted by Gasteiger charge is -2.36. The number of pyridine rings is 1. The minimum absolute atomic E-state index is 0.298. The third-order valence-corrected chi connectivity index (χ3v) is 5.62. The van der Waals surface area contributed by atoms with E-state index in [-0.39, 0.29) is 0 Å². The van der Waals surface area contributed by atoms with Gasteiger partial charge in [-0.1, -0.05) is 6.07 Å². The number of carbonyl (C=O) groups excluding carboxylic acids is 1. The molecule has 0 N–H and O–H groups in total. The van der Waals surface area contributed by atoms with Crippen LogP contribution in [0.2, 0.25) is 0 Å². The Balaban J connectivity index is 1.37. The molecule has 2 aromatic heterocycles. The molecule has 2 bridgehead atoms. The molecule has 5 rings (SSSR count). The highest BCUT2D eigenvalue weighted by atomic mass is 16.2. The van der Waals surface area contributed by atoms with Crippen molar-refractivity contribution in [2.75, 3.05) is 19.6 Å². The molecule has 0 spiro atoms. The highest BCUT2D eigenvalue weighted by Crippen LogP contribution is 2.29. The standard InChI is InChI=1S/C20H27N5O/c1-23-11-17(10-22-23)5-7-20(26)25-14-18-4-6-19(25)15-24(13-18)12-16-3-2-8-21-9-16/h2-3,8-11,18-19H,4-7,12-15H2,1H3/t18-,19+/m1/s1. The number of aromatic nitrogens is 3. The van der Waals surface area contributed by atoms with Crippen LogP contribution in [0.25, 0.3) is 0 Å². The molecule has 3 aliphatic heterocycles. The Morgan fingerprint density at radius 3 is 2.88 bits per heavy atom. The number of aryl methyl sites for hydroxylation is 2. The summed E-state index contributed by atoms with van der Waals surface area (Å²) in [7, 11) is 1.91. The van der Waals surface area contributed by atoms with Gasteiger partial charge in [-0.2, -0.15) is 5.10 Å². The van der Waals surface area contributed by atoms with E-state index >= 15 is 0 Å². The van der Waals surface area contributed by atoms with Gasteiger partial charge in [-0.3, -0.25) is 19.4 Å². The van der Waals surface area contributed by atoms with Crippen molar-refractivity contribution >= 4 is 5.91 Å². The molecule has 0 aliphatic carbocycles. The molecule has 6 nitrogen and oxygen atoms in total. The lowest BCUT2D eigenvalue weighted by atomic mass is 9.94. The molecule has 1 amide bonds. The number of nitrogens with zero attached hydrogens (tertiary/aromatic N) is 5. The van der Waals surface area contributed by atoms with E-state index < -0.39 is 0 Å². The molecule has 0 radical (unpaired) electrons. The van der Waals surface area contributed by atoms with E-state index in [2.05, 4.69) is 25.9 Å². The van der Waals surface area contributed by atoms with Gasteiger partial charge in [0, 0.05) is 64.3 Å². The average molecular weight is 353 g/mol. The zero-order valence-electron chi connectivity index (χ0n) is 15.4.